The summed E-state index contributed by atoms with van der Waals surface area (Å²) in [7, 11) is 3.30. The van der Waals surface area contributed by atoms with Gasteiger partial charge in [0, 0.05) is 29.2 Å². The van der Waals surface area contributed by atoms with Crippen molar-refractivity contribution in [2.75, 3.05) is 33.8 Å². The van der Waals surface area contributed by atoms with Crippen LogP contribution in [-0.2, 0) is 14.3 Å². The van der Waals surface area contributed by atoms with Gasteiger partial charge in [-0.2, -0.15) is 0 Å². The average Bonchev–Trinajstić information content (AvgIpc) is 2.60. The van der Waals surface area contributed by atoms with E-state index in [1.807, 2.05) is 29.8 Å². The Morgan fingerprint density at radius 1 is 1.32 bits per heavy atom. The summed E-state index contributed by atoms with van der Waals surface area (Å²) in [4.78, 5) is 27.9. The van der Waals surface area contributed by atoms with E-state index in [-0.39, 0.29) is 23.8 Å². The highest BCUT2D eigenvalue weighted by Crippen LogP contribution is 2.29. The maximum atomic E-state index is 12.5. The van der Waals surface area contributed by atoms with Crippen molar-refractivity contribution < 1.29 is 14.3 Å². The molecule has 0 bridgehead atoms. The van der Waals surface area contributed by atoms with Crippen molar-refractivity contribution in [2.24, 2.45) is 5.92 Å². The molecule has 1 aliphatic rings. The van der Waals surface area contributed by atoms with Crippen LogP contribution in [0.1, 0.15) is 31.4 Å². The van der Waals surface area contributed by atoms with Gasteiger partial charge in [-0.1, -0.05) is 29.3 Å². The van der Waals surface area contributed by atoms with E-state index in [0.29, 0.717) is 42.5 Å². The number of halogens is 2. The normalized spacial score (nSPS) is 16.8. The minimum atomic E-state index is -0.185. The first-order chi connectivity index (χ1) is 11.8. The van der Waals surface area contributed by atoms with E-state index < -0.39 is 0 Å². The molecular weight excluding hydrogens is 363 g/mol. The number of likely N-dealkylation sites (N-methyl/N-ethyl adjacent to an activating group) is 1. The molecule has 0 N–H and O–H groups in total. The summed E-state index contributed by atoms with van der Waals surface area (Å²) in [5.41, 5.74) is 0.936. The van der Waals surface area contributed by atoms with Crippen molar-refractivity contribution in [3.05, 3.63) is 33.8 Å². The van der Waals surface area contributed by atoms with Crippen LogP contribution >= 0.6 is 23.2 Å². The molecule has 1 unspecified atom stereocenters. The number of piperidine rings is 1. The van der Waals surface area contributed by atoms with Crippen LogP contribution in [0.15, 0.2) is 18.2 Å². The van der Waals surface area contributed by atoms with Gasteiger partial charge in [-0.25, -0.2) is 0 Å². The van der Waals surface area contributed by atoms with Gasteiger partial charge in [0.25, 0.3) is 0 Å². The monoisotopic (exact) mass is 386 g/mol. The lowest BCUT2D eigenvalue weighted by molar-refractivity contribution is -0.149. The topological polar surface area (TPSA) is 49.9 Å². The molecular formula is C18H24Cl2N2O3. The lowest BCUT2D eigenvalue weighted by Crippen LogP contribution is -2.45. The number of esters is 1. The smallest absolute Gasteiger partial charge is 0.308 e. The van der Waals surface area contributed by atoms with Crippen LogP contribution in [0, 0.1) is 5.92 Å². The number of likely N-dealkylation sites (tertiary alicyclic amines) is 1. The molecule has 1 aromatic rings. The predicted octanol–water partition coefficient (Wildman–Crippen LogP) is 3.40. The van der Waals surface area contributed by atoms with Gasteiger partial charge in [0.15, 0.2) is 0 Å². The third-order valence-corrected chi connectivity index (χ3v) is 5.40. The molecule has 1 aliphatic heterocycles. The summed E-state index contributed by atoms with van der Waals surface area (Å²) in [6, 6.07) is 5.38. The predicted molar refractivity (Wildman–Crippen MR) is 98.8 cm³/mol. The maximum Gasteiger partial charge on any atom is 0.308 e. The Morgan fingerprint density at radius 3 is 2.52 bits per heavy atom. The molecule has 1 amide bonds. The zero-order valence-corrected chi connectivity index (χ0v) is 16.3. The molecule has 25 heavy (non-hydrogen) atoms. The Bertz CT molecular complexity index is 631. The molecule has 7 heteroatoms. The van der Waals surface area contributed by atoms with Crippen molar-refractivity contribution in [2.45, 2.75) is 25.8 Å². The van der Waals surface area contributed by atoms with Crippen LogP contribution in [-0.4, -0.2) is 55.5 Å². The molecule has 0 radical (unpaired) electrons. The SMILES string of the molecule is COC(=O)C1CCN(C(=O)CN(C)C(C)c2ccc(Cl)cc2Cl)CC1. The van der Waals surface area contributed by atoms with Gasteiger partial charge in [-0.05, 0) is 44.5 Å². The Labute approximate surface area is 158 Å². The molecule has 0 spiro atoms. The standard InChI is InChI=1S/C18H24Cl2N2O3/c1-12(15-5-4-14(19)10-16(15)20)21(2)11-17(23)22-8-6-13(7-9-22)18(24)25-3/h4-5,10,12-13H,6-9,11H2,1-3H3. The number of hydrogen-bond donors (Lipinski definition) is 0. The second-order valence-corrected chi connectivity index (χ2v) is 7.28. The number of carbonyl (C=O) groups is 2. The van der Waals surface area contributed by atoms with Gasteiger partial charge in [-0.15, -0.1) is 0 Å². The Kier molecular flexibility index (Phi) is 7.11. The second-order valence-electron chi connectivity index (χ2n) is 6.44. The van der Waals surface area contributed by atoms with Crippen molar-refractivity contribution >= 4 is 35.1 Å². The van der Waals surface area contributed by atoms with Gasteiger partial charge < -0.3 is 9.64 Å². The summed E-state index contributed by atoms with van der Waals surface area (Å²) in [6.45, 7) is 3.47. The van der Waals surface area contributed by atoms with E-state index in [1.165, 1.54) is 7.11 Å². The van der Waals surface area contributed by atoms with E-state index in [0.717, 1.165) is 5.56 Å². The molecule has 1 heterocycles. The molecule has 0 saturated carbocycles. The Balaban J connectivity index is 1.91. The van der Waals surface area contributed by atoms with E-state index >= 15 is 0 Å². The van der Waals surface area contributed by atoms with Gasteiger partial charge in [-0.3, -0.25) is 14.5 Å². The van der Waals surface area contributed by atoms with E-state index in [2.05, 4.69) is 0 Å². The fourth-order valence-electron chi connectivity index (χ4n) is 3.06. The van der Waals surface area contributed by atoms with Crippen molar-refractivity contribution in [1.29, 1.82) is 0 Å². The Hall–Kier alpha value is -1.30. The number of rotatable bonds is 5. The van der Waals surface area contributed by atoms with Gasteiger partial charge >= 0.3 is 5.97 Å². The quantitative estimate of drug-likeness (QED) is 0.727. The van der Waals surface area contributed by atoms with E-state index in [1.54, 1.807) is 12.1 Å². The molecule has 1 saturated heterocycles. The fourth-order valence-corrected chi connectivity index (χ4v) is 3.63. The average molecular weight is 387 g/mol. The van der Waals surface area contributed by atoms with Crippen molar-refractivity contribution in [3.8, 4) is 0 Å². The fraction of sp³-hybridized carbons (Fsp3) is 0.556. The number of ether oxygens (including phenoxy) is 1. The minimum Gasteiger partial charge on any atom is -0.469 e. The van der Waals surface area contributed by atoms with Crippen LogP contribution < -0.4 is 0 Å². The summed E-state index contributed by atoms with van der Waals surface area (Å²) in [6.07, 6.45) is 1.31. The molecule has 0 aromatic heterocycles. The maximum absolute atomic E-state index is 12.5. The van der Waals surface area contributed by atoms with Crippen molar-refractivity contribution in [1.82, 2.24) is 9.80 Å². The van der Waals surface area contributed by atoms with Gasteiger partial charge in [0.1, 0.15) is 0 Å². The number of methoxy groups -OCH3 is 1. The first kappa shape index (κ1) is 20.0. The molecule has 2 rings (SSSR count). The van der Waals surface area contributed by atoms with E-state index in [9.17, 15) is 9.59 Å². The number of carbonyl (C=O) groups excluding carboxylic acids is 2. The lowest BCUT2D eigenvalue weighted by Gasteiger charge is -2.33. The highest BCUT2D eigenvalue weighted by molar-refractivity contribution is 6.35. The number of nitrogens with zero attached hydrogens (tertiary/aromatic N) is 2. The first-order valence-corrected chi connectivity index (χ1v) is 9.10. The van der Waals surface area contributed by atoms with Gasteiger partial charge in [0.2, 0.25) is 5.91 Å². The first-order valence-electron chi connectivity index (χ1n) is 8.34. The third-order valence-electron chi connectivity index (χ3n) is 4.84. The van der Waals surface area contributed by atoms with Crippen LogP contribution in [0.5, 0.6) is 0 Å². The highest BCUT2D eigenvalue weighted by Gasteiger charge is 2.28. The van der Waals surface area contributed by atoms with Crippen LogP contribution in [0.2, 0.25) is 10.0 Å². The molecule has 1 aromatic carbocycles. The summed E-state index contributed by atoms with van der Waals surface area (Å²) >= 11 is 12.2. The number of benzene rings is 1. The summed E-state index contributed by atoms with van der Waals surface area (Å²) < 4.78 is 4.78. The molecule has 0 aliphatic carbocycles. The van der Waals surface area contributed by atoms with E-state index in [4.69, 9.17) is 27.9 Å². The summed E-state index contributed by atoms with van der Waals surface area (Å²) in [5, 5.41) is 1.19. The zero-order chi connectivity index (χ0) is 18.6. The zero-order valence-electron chi connectivity index (χ0n) is 14.8. The number of amides is 1. The van der Waals surface area contributed by atoms with Gasteiger partial charge in [0.05, 0.1) is 19.6 Å². The summed E-state index contributed by atoms with van der Waals surface area (Å²) in [5.74, 6) is -0.225. The number of hydrogen-bond acceptors (Lipinski definition) is 4. The highest BCUT2D eigenvalue weighted by atomic mass is 35.5. The van der Waals surface area contributed by atoms with Crippen LogP contribution in [0.4, 0.5) is 0 Å². The van der Waals surface area contributed by atoms with Crippen LogP contribution in [0.3, 0.4) is 0 Å². The van der Waals surface area contributed by atoms with Crippen LogP contribution in [0.25, 0.3) is 0 Å². The Morgan fingerprint density at radius 2 is 1.96 bits per heavy atom. The third kappa shape index (κ3) is 5.09. The van der Waals surface area contributed by atoms with Crippen molar-refractivity contribution in [3.63, 3.8) is 0 Å². The largest absolute Gasteiger partial charge is 0.469 e. The molecule has 1 fully saturated rings. The lowest BCUT2D eigenvalue weighted by atomic mass is 9.97. The minimum absolute atomic E-state index is 0.0127. The molecule has 138 valence electrons. The second kappa shape index (κ2) is 8.88. The molecule has 5 nitrogen and oxygen atoms in total. The molecule has 1 atom stereocenters.